The summed E-state index contributed by atoms with van der Waals surface area (Å²) in [7, 11) is 0. The fourth-order valence-electron chi connectivity index (χ4n) is 2.92. The maximum absolute atomic E-state index is 9.23. The van der Waals surface area contributed by atoms with Crippen molar-refractivity contribution in [2.24, 2.45) is 5.92 Å². The Morgan fingerprint density at radius 1 is 0.828 bits per heavy atom. The van der Waals surface area contributed by atoms with Crippen molar-refractivity contribution in [1.29, 1.82) is 0 Å². The number of hydrogen-bond donors (Lipinski definition) is 2. The number of aliphatic hydroxyl groups excluding tert-OH is 2. The molecule has 0 saturated heterocycles. The third-order valence-electron chi connectivity index (χ3n) is 4.07. The third kappa shape index (κ3) is 8.97. The standard InChI is InChI=1S/C16H11N2.C8H18O2.Ir/c1-3-7-13(8-4-1)15-16(18-12-11-17-15)14-9-5-2-6-10-14;1-6(2)4-8(10)5-7(3)9;/h1-9,11-12H;6-10H,4-5H2,1-3H3;/q-1;;. The Labute approximate surface area is 187 Å². The second kappa shape index (κ2) is 13.3. The van der Waals surface area contributed by atoms with Gasteiger partial charge in [-0.1, -0.05) is 44.2 Å². The van der Waals surface area contributed by atoms with Crippen molar-refractivity contribution in [2.75, 3.05) is 0 Å². The SMILES string of the molecule is CC(C)CC(O)CC(C)O.[Ir].[c-]1ccccc1-c1nccnc1-c1ccccc1. The molecular weight excluding hydrogens is 540 g/mol. The molecule has 5 heteroatoms. The summed E-state index contributed by atoms with van der Waals surface area (Å²) < 4.78 is 0. The molecule has 2 atom stereocenters. The van der Waals surface area contributed by atoms with Gasteiger partial charge < -0.3 is 15.2 Å². The quantitative estimate of drug-likeness (QED) is 0.420. The van der Waals surface area contributed by atoms with Crippen LogP contribution in [0.2, 0.25) is 0 Å². The number of aromatic nitrogens is 2. The molecule has 0 fully saturated rings. The van der Waals surface area contributed by atoms with E-state index in [1.165, 1.54) is 0 Å². The van der Waals surface area contributed by atoms with E-state index in [0.29, 0.717) is 12.3 Å². The van der Waals surface area contributed by atoms with Crippen LogP contribution in [-0.4, -0.2) is 32.4 Å². The summed E-state index contributed by atoms with van der Waals surface area (Å²) in [5.74, 6) is 0.508. The van der Waals surface area contributed by atoms with Crippen molar-refractivity contribution in [3.63, 3.8) is 0 Å². The van der Waals surface area contributed by atoms with E-state index in [-0.39, 0.29) is 32.3 Å². The number of aliphatic hydroxyl groups is 2. The van der Waals surface area contributed by atoms with Crippen LogP contribution in [0.1, 0.15) is 33.6 Å². The first-order valence-electron chi connectivity index (χ1n) is 9.67. The maximum atomic E-state index is 9.23. The Morgan fingerprint density at radius 3 is 2.00 bits per heavy atom. The van der Waals surface area contributed by atoms with Crippen LogP contribution in [0.5, 0.6) is 0 Å². The largest absolute Gasteiger partial charge is 0.393 e. The molecule has 3 aromatic rings. The molecule has 0 saturated carbocycles. The molecule has 29 heavy (non-hydrogen) atoms. The zero-order valence-electron chi connectivity index (χ0n) is 17.1. The predicted molar refractivity (Wildman–Crippen MR) is 113 cm³/mol. The monoisotopic (exact) mass is 570 g/mol. The molecule has 0 amide bonds. The van der Waals surface area contributed by atoms with E-state index in [0.717, 1.165) is 28.9 Å². The van der Waals surface area contributed by atoms with Gasteiger partial charge in [0.25, 0.3) is 0 Å². The zero-order valence-corrected chi connectivity index (χ0v) is 19.5. The summed E-state index contributed by atoms with van der Waals surface area (Å²) in [5.41, 5.74) is 3.78. The molecule has 1 aromatic heterocycles. The van der Waals surface area contributed by atoms with Crippen LogP contribution in [0.3, 0.4) is 0 Å². The maximum Gasteiger partial charge on any atom is 0.0567 e. The summed E-state index contributed by atoms with van der Waals surface area (Å²) in [6.45, 7) is 5.82. The van der Waals surface area contributed by atoms with Crippen molar-refractivity contribution < 1.29 is 30.3 Å². The molecule has 2 aromatic carbocycles. The van der Waals surface area contributed by atoms with Gasteiger partial charge in [0.2, 0.25) is 0 Å². The zero-order chi connectivity index (χ0) is 20.4. The van der Waals surface area contributed by atoms with Crippen LogP contribution in [0, 0.1) is 12.0 Å². The molecule has 0 bridgehead atoms. The molecule has 4 nitrogen and oxygen atoms in total. The minimum atomic E-state index is -0.381. The summed E-state index contributed by atoms with van der Waals surface area (Å²) >= 11 is 0. The first-order valence-corrected chi connectivity index (χ1v) is 9.67. The van der Waals surface area contributed by atoms with E-state index in [2.05, 4.69) is 29.9 Å². The van der Waals surface area contributed by atoms with Gasteiger partial charge in [0.05, 0.1) is 17.9 Å². The van der Waals surface area contributed by atoms with E-state index in [1.807, 2.05) is 54.6 Å². The van der Waals surface area contributed by atoms with E-state index >= 15 is 0 Å². The van der Waals surface area contributed by atoms with Gasteiger partial charge in [0, 0.05) is 38.2 Å². The Balaban J connectivity index is 0.000000332. The van der Waals surface area contributed by atoms with Crippen molar-refractivity contribution in [3.8, 4) is 22.5 Å². The van der Waals surface area contributed by atoms with E-state index < -0.39 is 0 Å². The van der Waals surface area contributed by atoms with Gasteiger partial charge in [0.15, 0.2) is 0 Å². The molecular formula is C24H29IrN2O2-. The van der Waals surface area contributed by atoms with Crippen LogP contribution in [0.25, 0.3) is 22.5 Å². The Hall–Kier alpha value is -1.91. The Morgan fingerprint density at radius 2 is 1.45 bits per heavy atom. The Kier molecular flexibility index (Phi) is 11.6. The average molecular weight is 570 g/mol. The molecule has 1 radical (unpaired) electrons. The van der Waals surface area contributed by atoms with Gasteiger partial charge in [-0.05, 0) is 31.2 Å². The van der Waals surface area contributed by atoms with Gasteiger partial charge in [-0.15, -0.1) is 35.9 Å². The van der Waals surface area contributed by atoms with Crippen LogP contribution < -0.4 is 0 Å². The molecule has 157 valence electrons. The second-order valence-corrected chi connectivity index (χ2v) is 7.26. The van der Waals surface area contributed by atoms with Crippen LogP contribution >= 0.6 is 0 Å². The summed E-state index contributed by atoms with van der Waals surface area (Å²) in [5, 5.41) is 18.1. The fourth-order valence-corrected chi connectivity index (χ4v) is 2.92. The minimum absolute atomic E-state index is 0. The van der Waals surface area contributed by atoms with Crippen molar-refractivity contribution >= 4 is 0 Å². The normalized spacial score (nSPS) is 12.3. The number of hydrogen-bond acceptors (Lipinski definition) is 4. The summed E-state index contributed by atoms with van der Waals surface area (Å²) in [6.07, 6.45) is 3.99. The van der Waals surface area contributed by atoms with Gasteiger partial charge in [-0.3, -0.25) is 4.98 Å². The van der Waals surface area contributed by atoms with Crippen LogP contribution in [0.15, 0.2) is 67.0 Å². The minimum Gasteiger partial charge on any atom is -0.393 e. The van der Waals surface area contributed by atoms with Crippen molar-refractivity contribution in [1.82, 2.24) is 9.97 Å². The molecule has 0 aliphatic heterocycles. The van der Waals surface area contributed by atoms with E-state index in [4.69, 9.17) is 5.11 Å². The molecule has 1 heterocycles. The average Bonchev–Trinajstić information content (AvgIpc) is 2.68. The van der Waals surface area contributed by atoms with Crippen molar-refractivity contribution in [2.45, 2.75) is 45.8 Å². The number of benzene rings is 2. The third-order valence-corrected chi connectivity index (χ3v) is 4.07. The predicted octanol–water partition coefficient (Wildman–Crippen LogP) is 4.77. The molecule has 0 aliphatic carbocycles. The summed E-state index contributed by atoms with van der Waals surface area (Å²) in [4.78, 5) is 8.87. The smallest absolute Gasteiger partial charge is 0.0567 e. The molecule has 0 aliphatic rings. The van der Waals surface area contributed by atoms with Gasteiger partial charge in [-0.2, -0.15) is 0 Å². The number of rotatable bonds is 6. The molecule has 2 unspecified atom stereocenters. The van der Waals surface area contributed by atoms with E-state index in [9.17, 15) is 5.11 Å². The summed E-state index contributed by atoms with van der Waals surface area (Å²) in [6, 6.07) is 21.1. The van der Waals surface area contributed by atoms with Gasteiger partial charge in [0.1, 0.15) is 0 Å². The molecule has 3 rings (SSSR count). The van der Waals surface area contributed by atoms with Crippen molar-refractivity contribution in [3.05, 3.63) is 73.1 Å². The second-order valence-electron chi connectivity index (χ2n) is 7.26. The molecule has 0 spiro atoms. The molecule has 2 N–H and O–H groups in total. The van der Waals surface area contributed by atoms with Gasteiger partial charge >= 0.3 is 0 Å². The van der Waals surface area contributed by atoms with Crippen LogP contribution in [0.4, 0.5) is 0 Å². The topological polar surface area (TPSA) is 66.2 Å². The fraction of sp³-hybridized carbons (Fsp3) is 0.333. The Bertz CT molecular complexity index is 743. The first-order chi connectivity index (χ1) is 13.5. The number of nitrogens with zero attached hydrogens (tertiary/aromatic N) is 2. The van der Waals surface area contributed by atoms with Gasteiger partial charge in [-0.25, -0.2) is 0 Å². The first kappa shape index (κ1) is 25.1. The van der Waals surface area contributed by atoms with E-state index in [1.54, 1.807) is 19.3 Å². The van der Waals surface area contributed by atoms with Crippen LogP contribution in [-0.2, 0) is 20.1 Å².